The molecule has 0 atom stereocenters. The molecular formula is C18H20FN3O2. The lowest BCUT2D eigenvalue weighted by Crippen LogP contribution is -2.35. The third kappa shape index (κ3) is 3.48. The van der Waals surface area contributed by atoms with Gasteiger partial charge >= 0.3 is 0 Å². The van der Waals surface area contributed by atoms with Gasteiger partial charge in [-0.3, -0.25) is 4.79 Å². The van der Waals surface area contributed by atoms with Crippen LogP contribution < -0.4 is 9.64 Å². The van der Waals surface area contributed by atoms with E-state index in [1.165, 1.54) is 6.07 Å². The number of nitrogens with zero attached hydrogens (tertiary/aromatic N) is 3. The van der Waals surface area contributed by atoms with Crippen molar-refractivity contribution in [1.29, 1.82) is 0 Å². The average Bonchev–Trinajstić information content (AvgIpc) is 2.87. The first kappa shape index (κ1) is 16.2. The maximum atomic E-state index is 13.9. The van der Waals surface area contributed by atoms with E-state index in [9.17, 15) is 9.18 Å². The number of hydrogen-bond acceptors (Lipinski definition) is 4. The minimum absolute atomic E-state index is 0.0303. The van der Waals surface area contributed by atoms with Gasteiger partial charge in [-0.05, 0) is 36.8 Å². The zero-order valence-electron chi connectivity index (χ0n) is 13.6. The van der Waals surface area contributed by atoms with Crippen molar-refractivity contribution in [2.75, 3.05) is 38.2 Å². The topological polar surface area (TPSA) is 45.7 Å². The molecule has 1 fully saturated rings. The summed E-state index contributed by atoms with van der Waals surface area (Å²) in [5, 5.41) is 0. The van der Waals surface area contributed by atoms with Gasteiger partial charge in [-0.1, -0.05) is 6.07 Å². The lowest BCUT2D eigenvalue weighted by atomic mass is 10.2. The Morgan fingerprint density at radius 3 is 2.83 bits per heavy atom. The van der Waals surface area contributed by atoms with E-state index in [1.54, 1.807) is 42.5 Å². The fourth-order valence-corrected chi connectivity index (χ4v) is 2.88. The van der Waals surface area contributed by atoms with Crippen molar-refractivity contribution in [3.05, 3.63) is 54.0 Å². The summed E-state index contributed by atoms with van der Waals surface area (Å²) in [5.41, 5.74) is 0.604. The van der Waals surface area contributed by atoms with Crippen LogP contribution in [0.1, 0.15) is 16.8 Å². The molecule has 0 radical (unpaired) electrons. The normalized spacial score (nSPS) is 15.1. The third-order valence-electron chi connectivity index (χ3n) is 4.14. The second-order valence-corrected chi connectivity index (χ2v) is 5.67. The molecule has 0 spiro atoms. The average molecular weight is 329 g/mol. The Morgan fingerprint density at radius 1 is 1.17 bits per heavy atom. The summed E-state index contributed by atoms with van der Waals surface area (Å²) in [6.07, 6.45) is 2.36. The molecule has 1 aromatic carbocycles. The predicted octanol–water partition coefficient (Wildman–Crippen LogP) is 2.58. The molecule has 6 heteroatoms. The van der Waals surface area contributed by atoms with E-state index < -0.39 is 0 Å². The number of benzene rings is 1. The molecule has 1 saturated heterocycles. The van der Waals surface area contributed by atoms with Crippen LogP contribution in [0.2, 0.25) is 0 Å². The van der Waals surface area contributed by atoms with Crippen molar-refractivity contribution < 1.29 is 13.9 Å². The lowest BCUT2D eigenvalue weighted by molar-refractivity contribution is 0.0766. The fourth-order valence-electron chi connectivity index (χ4n) is 2.88. The molecule has 0 bridgehead atoms. The van der Waals surface area contributed by atoms with Gasteiger partial charge in [-0.25, -0.2) is 9.37 Å². The highest BCUT2D eigenvalue weighted by molar-refractivity contribution is 5.94. The van der Waals surface area contributed by atoms with Crippen LogP contribution in [-0.2, 0) is 0 Å². The highest BCUT2D eigenvalue weighted by Gasteiger charge is 2.22. The molecule has 1 aliphatic rings. The van der Waals surface area contributed by atoms with Crippen LogP contribution in [0.3, 0.4) is 0 Å². The van der Waals surface area contributed by atoms with E-state index >= 15 is 0 Å². The summed E-state index contributed by atoms with van der Waals surface area (Å²) < 4.78 is 19.1. The molecule has 2 heterocycles. The number of halogens is 1. The van der Waals surface area contributed by atoms with Crippen LogP contribution >= 0.6 is 0 Å². The van der Waals surface area contributed by atoms with E-state index in [0.717, 1.165) is 6.42 Å². The number of methoxy groups -OCH3 is 1. The van der Waals surface area contributed by atoms with Gasteiger partial charge in [0.25, 0.3) is 5.91 Å². The van der Waals surface area contributed by atoms with Gasteiger partial charge in [-0.2, -0.15) is 0 Å². The number of hydrogen-bond donors (Lipinski definition) is 0. The van der Waals surface area contributed by atoms with E-state index in [4.69, 9.17) is 4.74 Å². The quantitative estimate of drug-likeness (QED) is 0.868. The molecule has 0 aliphatic carbocycles. The minimum Gasteiger partial charge on any atom is -0.497 e. The zero-order chi connectivity index (χ0) is 16.9. The summed E-state index contributed by atoms with van der Waals surface area (Å²) in [5.74, 6) is 0.656. The van der Waals surface area contributed by atoms with Crippen molar-refractivity contribution in [3.8, 4) is 5.75 Å². The molecule has 0 saturated carbocycles. The Morgan fingerprint density at radius 2 is 2.04 bits per heavy atom. The number of carbonyl (C=O) groups is 1. The Labute approximate surface area is 140 Å². The van der Waals surface area contributed by atoms with Crippen molar-refractivity contribution in [2.24, 2.45) is 0 Å². The first-order valence-electron chi connectivity index (χ1n) is 7.98. The van der Waals surface area contributed by atoms with Gasteiger partial charge in [0.1, 0.15) is 5.75 Å². The number of amides is 1. The second kappa shape index (κ2) is 7.29. The van der Waals surface area contributed by atoms with Gasteiger partial charge in [0.2, 0.25) is 0 Å². The molecule has 24 heavy (non-hydrogen) atoms. The second-order valence-electron chi connectivity index (χ2n) is 5.67. The molecule has 5 nitrogen and oxygen atoms in total. The summed E-state index contributed by atoms with van der Waals surface area (Å²) >= 11 is 0. The number of carbonyl (C=O) groups excluding carboxylic acids is 1. The number of aromatic nitrogens is 1. The van der Waals surface area contributed by atoms with E-state index in [2.05, 4.69) is 4.98 Å². The minimum atomic E-state index is -0.329. The Balaban J connectivity index is 1.71. The molecule has 1 aromatic heterocycles. The van der Waals surface area contributed by atoms with Crippen molar-refractivity contribution in [1.82, 2.24) is 9.88 Å². The Kier molecular flexibility index (Phi) is 4.93. The number of pyridine rings is 1. The van der Waals surface area contributed by atoms with Crippen LogP contribution in [0.25, 0.3) is 0 Å². The molecule has 1 aliphatic heterocycles. The standard InChI is InChI=1S/C18H20FN3O2/c1-24-15-6-2-5-14(13-15)18(23)22-10-4-9-21(11-12-22)17-16(19)7-3-8-20-17/h2-3,5-8,13H,4,9-12H2,1H3. The molecule has 3 rings (SSSR count). The van der Waals surface area contributed by atoms with Gasteiger partial charge in [0.05, 0.1) is 7.11 Å². The van der Waals surface area contributed by atoms with E-state index in [-0.39, 0.29) is 11.7 Å². The fraction of sp³-hybridized carbons (Fsp3) is 0.333. The molecule has 2 aromatic rings. The van der Waals surface area contributed by atoms with Gasteiger partial charge in [-0.15, -0.1) is 0 Å². The molecule has 0 unspecified atom stereocenters. The molecular weight excluding hydrogens is 309 g/mol. The smallest absolute Gasteiger partial charge is 0.254 e. The highest BCUT2D eigenvalue weighted by atomic mass is 19.1. The Hall–Kier alpha value is -2.63. The molecule has 0 N–H and O–H groups in total. The summed E-state index contributed by atoms with van der Waals surface area (Å²) in [4.78, 5) is 20.5. The zero-order valence-corrected chi connectivity index (χ0v) is 13.6. The number of rotatable bonds is 3. The van der Waals surface area contributed by atoms with Crippen LogP contribution in [0.15, 0.2) is 42.6 Å². The van der Waals surface area contributed by atoms with Crippen molar-refractivity contribution >= 4 is 11.7 Å². The maximum Gasteiger partial charge on any atom is 0.254 e. The summed E-state index contributed by atoms with van der Waals surface area (Å²) in [6, 6.07) is 10.1. The van der Waals surface area contributed by atoms with Crippen molar-refractivity contribution in [2.45, 2.75) is 6.42 Å². The van der Waals surface area contributed by atoms with Gasteiger partial charge in [0.15, 0.2) is 11.6 Å². The number of ether oxygens (including phenoxy) is 1. The summed E-state index contributed by atoms with van der Waals surface area (Å²) in [6.45, 7) is 2.41. The molecule has 1 amide bonds. The predicted molar refractivity (Wildman–Crippen MR) is 89.9 cm³/mol. The SMILES string of the molecule is COc1cccc(C(=O)N2CCCN(c3ncccc3F)CC2)c1. The van der Waals surface area contributed by atoms with Crippen LogP contribution in [-0.4, -0.2) is 49.1 Å². The Bertz CT molecular complexity index is 723. The monoisotopic (exact) mass is 329 g/mol. The van der Waals surface area contributed by atoms with E-state index in [0.29, 0.717) is 43.3 Å². The van der Waals surface area contributed by atoms with Crippen molar-refractivity contribution in [3.63, 3.8) is 0 Å². The van der Waals surface area contributed by atoms with Gasteiger partial charge in [0, 0.05) is 37.9 Å². The highest BCUT2D eigenvalue weighted by Crippen LogP contribution is 2.19. The van der Waals surface area contributed by atoms with E-state index in [1.807, 2.05) is 11.0 Å². The van der Waals surface area contributed by atoms with Crippen LogP contribution in [0, 0.1) is 5.82 Å². The van der Waals surface area contributed by atoms with Gasteiger partial charge < -0.3 is 14.5 Å². The van der Waals surface area contributed by atoms with Crippen LogP contribution in [0.4, 0.5) is 10.2 Å². The third-order valence-corrected chi connectivity index (χ3v) is 4.14. The first-order valence-corrected chi connectivity index (χ1v) is 7.98. The first-order chi connectivity index (χ1) is 11.7. The molecule has 126 valence electrons. The number of anilines is 1. The largest absolute Gasteiger partial charge is 0.497 e. The van der Waals surface area contributed by atoms with Crippen LogP contribution in [0.5, 0.6) is 5.75 Å². The summed E-state index contributed by atoms with van der Waals surface area (Å²) in [7, 11) is 1.58. The lowest BCUT2D eigenvalue weighted by Gasteiger charge is -2.23. The maximum absolute atomic E-state index is 13.9.